The SMILES string of the molecule is NCC(O)(CC1CCCCC1)C1CC1. The summed E-state index contributed by atoms with van der Waals surface area (Å²) in [7, 11) is 0. The van der Waals surface area contributed by atoms with Gasteiger partial charge in [-0.05, 0) is 31.1 Å². The van der Waals surface area contributed by atoms with Gasteiger partial charge in [0.25, 0.3) is 0 Å². The number of aliphatic hydroxyl groups is 1. The second kappa shape index (κ2) is 4.19. The first-order chi connectivity index (χ1) is 6.74. The van der Waals surface area contributed by atoms with Gasteiger partial charge in [-0.25, -0.2) is 0 Å². The molecule has 2 heteroatoms. The van der Waals surface area contributed by atoms with Crippen LogP contribution in [0.4, 0.5) is 0 Å². The second-order valence-electron chi connectivity index (χ2n) is 5.29. The Morgan fingerprint density at radius 3 is 2.21 bits per heavy atom. The molecule has 2 fully saturated rings. The van der Waals surface area contributed by atoms with Crippen LogP contribution >= 0.6 is 0 Å². The molecule has 0 bridgehead atoms. The highest BCUT2D eigenvalue weighted by atomic mass is 16.3. The Morgan fingerprint density at radius 1 is 1.07 bits per heavy atom. The Labute approximate surface area is 86.9 Å². The van der Waals surface area contributed by atoms with Gasteiger partial charge in [-0.3, -0.25) is 0 Å². The van der Waals surface area contributed by atoms with E-state index in [9.17, 15) is 5.11 Å². The molecule has 14 heavy (non-hydrogen) atoms. The van der Waals surface area contributed by atoms with Gasteiger partial charge in [0.05, 0.1) is 5.60 Å². The van der Waals surface area contributed by atoms with E-state index in [0.717, 1.165) is 12.3 Å². The van der Waals surface area contributed by atoms with E-state index < -0.39 is 5.60 Å². The third kappa shape index (κ3) is 2.29. The van der Waals surface area contributed by atoms with Crippen molar-refractivity contribution < 1.29 is 5.11 Å². The molecular formula is C12H23NO. The van der Waals surface area contributed by atoms with Gasteiger partial charge in [0.1, 0.15) is 0 Å². The predicted molar refractivity (Wildman–Crippen MR) is 57.9 cm³/mol. The number of hydrogen-bond donors (Lipinski definition) is 2. The van der Waals surface area contributed by atoms with Crippen LogP contribution in [0.5, 0.6) is 0 Å². The van der Waals surface area contributed by atoms with Gasteiger partial charge < -0.3 is 10.8 Å². The maximum absolute atomic E-state index is 10.4. The van der Waals surface area contributed by atoms with Crippen molar-refractivity contribution in [2.45, 2.75) is 57.0 Å². The minimum Gasteiger partial charge on any atom is -0.388 e. The molecule has 0 aromatic carbocycles. The highest BCUT2D eigenvalue weighted by molar-refractivity contribution is 4.96. The molecule has 0 radical (unpaired) electrons. The Kier molecular flexibility index (Phi) is 3.13. The lowest BCUT2D eigenvalue weighted by Gasteiger charge is -2.33. The molecule has 1 unspecified atom stereocenters. The number of nitrogens with two attached hydrogens (primary N) is 1. The lowest BCUT2D eigenvalue weighted by molar-refractivity contribution is -0.00248. The van der Waals surface area contributed by atoms with Crippen LogP contribution in [0, 0.1) is 11.8 Å². The highest BCUT2D eigenvalue weighted by Crippen LogP contribution is 2.44. The molecule has 0 aromatic heterocycles. The van der Waals surface area contributed by atoms with E-state index in [4.69, 9.17) is 5.73 Å². The number of rotatable bonds is 4. The average Bonchev–Trinajstić information content (AvgIpc) is 3.03. The summed E-state index contributed by atoms with van der Waals surface area (Å²) in [6, 6.07) is 0. The summed E-state index contributed by atoms with van der Waals surface area (Å²) >= 11 is 0. The molecule has 2 aliphatic carbocycles. The maximum Gasteiger partial charge on any atom is 0.0800 e. The van der Waals surface area contributed by atoms with Crippen LogP contribution in [0.15, 0.2) is 0 Å². The molecule has 2 saturated carbocycles. The van der Waals surface area contributed by atoms with Crippen molar-refractivity contribution in [3.63, 3.8) is 0 Å². The van der Waals surface area contributed by atoms with E-state index in [1.807, 2.05) is 0 Å². The van der Waals surface area contributed by atoms with Crippen molar-refractivity contribution in [1.29, 1.82) is 0 Å². The van der Waals surface area contributed by atoms with Crippen molar-refractivity contribution >= 4 is 0 Å². The fourth-order valence-corrected chi connectivity index (χ4v) is 2.93. The van der Waals surface area contributed by atoms with Crippen molar-refractivity contribution in [2.24, 2.45) is 17.6 Å². The number of hydrogen-bond acceptors (Lipinski definition) is 2. The molecule has 0 aromatic rings. The van der Waals surface area contributed by atoms with Crippen LogP contribution in [0.3, 0.4) is 0 Å². The summed E-state index contributed by atoms with van der Waals surface area (Å²) in [4.78, 5) is 0. The first-order valence-corrected chi connectivity index (χ1v) is 6.17. The van der Waals surface area contributed by atoms with Crippen molar-refractivity contribution in [1.82, 2.24) is 0 Å². The topological polar surface area (TPSA) is 46.2 Å². The molecule has 3 N–H and O–H groups in total. The van der Waals surface area contributed by atoms with E-state index in [0.29, 0.717) is 12.5 Å². The molecule has 2 nitrogen and oxygen atoms in total. The lowest BCUT2D eigenvalue weighted by atomic mass is 9.79. The van der Waals surface area contributed by atoms with Gasteiger partial charge >= 0.3 is 0 Å². The van der Waals surface area contributed by atoms with Gasteiger partial charge in [0.15, 0.2) is 0 Å². The quantitative estimate of drug-likeness (QED) is 0.724. The largest absolute Gasteiger partial charge is 0.388 e. The first kappa shape index (κ1) is 10.4. The molecule has 1 atom stereocenters. The summed E-state index contributed by atoms with van der Waals surface area (Å²) in [5, 5.41) is 10.4. The third-order valence-corrected chi connectivity index (χ3v) is 4.06. The molecule has 0 amide bonds. The van der Waals surface area contributed by atoms with Crippen molar-refractivity contribution in [2.75, 3.05) is 6.54 Å². The molecular weight excluding hydrogens is 174 g/mol. The van der Waals surface area contributed by atoms with Gasteiger partial charge in [0.2, 0.25) is 0 Å². The second-order valence-corrected chi connectivity index (χ2v) is 5.29. The lowest BCUT2D eigenvalue weighted by Crippen LogP contribution is -2.42. The minimum absolute atomic E-state index is 0.466. The van der Waals surface area contributed by atoms with Crippen LogP contribution in [0.25, 0.3) is 0 Å². The monoisotopic (exact) mass is 197 g/mol. The Balaban J connectivity index is 1.86. The third-order valence-electron chi connectivity index (χ3n) is 4.06. The Bertz CT molecular complexity index is 185. The van der Waals surface area contributed by atoms with Gasteiger partial charge in [-0.2, -0.15) is 0 Å². The molecule has 2 rings (SSSR count). The molecule has 0 aliphatic heterocycles. The van der Waals surface area contributed by atoms with E-state index in [2.05, 4.69) is 0 Å². The van der Waals surface area contributed by atoms with Gasteiger partial charge in [-0.15, -0.1) is 0 Å². The van der Waals surface area contributed by atoms with E-state index in [1.54, 1.807) is 0 Å². The van der Waals surface area contributed by atoms with Gasteiger partial charge in [0, 0.05) is 6.54 Å². The van der Waals surface area contributed by atoms with Crippen LogP contribution in [0.1, 0.15) is 51.4 Å². The Hall–Kier alpha value is -0.0800. The molecule has 82 valence electrons. The summed E-state index contributed by atoms with van der Waals surface area (Å²) in [5.41, 5.74) is 5.20. The summed E-state index contributed by atoms with van der Waals surface area (Å²) < 4.78 is 0. The molecule has 2 aliphatic rings. The average molecular weight is 197 g/mol. The Morgan fingerprint density at radius 2 is 1.71 bits per heavy atom. The fourth-order valence-electron chi connectivity index (χ4n) is 2.93. The normalized spacial score (nSPS) is 28.7. The van der Waals surface area contributed by atoms with Crippen molar-refractivity contribution in [3.8, 4) is 0 Å². The van der Waals surface area contributed by atoms with Crippen LogP contribution < -0.4 is 5.73 Å². The molecule has 0 heterocycles. The zero-order valence-corrected chi connectivity index (χ0v) is 9.04. The standard InChI is InChI=1S/C12H23NO/c13-9-12(14,11-6-7-11)8-10-4-2-1-3-5-10/h10-11,14H,1-9,13H2. The zero-order valence-electron chi connectivity index (χ0n) is 9.04. The van der Waals surface area contributed by atoms with Crippen LogP contribution in [-0.4, -0.2) is 17.3 Å². The van der Waals surface area contributed by atoms with Crippen LogP contribution in [-0.2, 0) is 0 Å². The molecule has 0 spiro atoms. The van der Waals surface area contributed by atoms with E-state index in [1.165, 1.54) is 44.9 Å². The maximum atomic E-state index is 10.4. The first-order valence-electron chi connectivity index (χ1n) is 6.17. The smallest absolute Gasteiger partial charge is 0.0800 e. The highest BCUT2D eigenvalue weighted by Gasteiger charge is 2.43. The predicted octanol–water partition coefficient (Wildman–Crippen LogP) is 2.06. The van der Waals surface area contributed by atoms with E-state index >= 15 is 0 Å². The zero-order chi connectivity index (χ0) is 10.0. The van der Waals surface area contributed by atoms with E-state index in [-0.39, 0.29) is 0 Å². The van der Waals surface area contributed by atoms with Gasteiger partial charge in [-0.1, -0.05) is 32.1 Å². The summed E-state index contributed by atoms with van der Waals surface area (Å²) in [6.07, 6.45) is 10.1. The summed E-state index contributed by atoms with van der Waals surface area (Å²) in [6.45, 7) is 0.466. The van der Waals surface area contributed by atoms with Crippen LogP contribution in [0.2, 0.25) is 0 Å². The minimum atomic E-state index is -0.512. The molecule has 0 saturated heterocycles. The summed E-state index contributed by atoms with van der Waals surface area (Å²) in [5.74, 6) is 1.27. The fraction of sp³-hybridized carbons (Fsp3) is 1.00. The van der Waals surface area contributed by atoms with Crippen molar-refractivity contribution in [3.05, 3.63) is 0 Å².